The number of anilines is 1. The Morgan fingerprint density at radius 2 is 1.92 bits per heavy atom. The first-order valence-corrected chi connectivity index (χ1v) is 11.5. The number of hydrogen-bond donors (Lipinski definition) is 1. The van der Waals surface area contributed by atoms with Crippen LogP contribution in [0.3, 0.4) is 0 Å². The average molecular weight is 421 g/mol. The standard InChI is InChI=1S/C16H12N4O2S4/c1-10-8-24-14(17-10)11-3-2-4-13(7-11)26(21,22)20-16-19-18-15(25-16)12-5-6-23-9-12/h2-9H,1H3,(H,19,20). The molecule has 0 radical (unpaired) electrons. The maximum Gasteiger partial charge on any atom is 0.263 e. The van der Waals surface area contributed by atoms with Gasteiger partial charge in [0, 0.05) is 27.6 Å². The second kappa shape index (κ2) is 6.88. The minimum Gasteiger partial charge on any atom is -0.253 e. The fraction of sp³-hybridized carbons (Fsp3) is 0.0625. The molecule has 3 heterocycles. The normalized spacial score (nSPS) is 11.6. The van der Waals surface area contributed by atoms with Gasteiger partial charge in [0.05, 0.1) is 4.90 Å². The number of aryl methyl sites for hydroxylation is 1. The van der Waals surface area contributed by atoms with Crippen LogP contribution < -0.4 is 4.72 Å². The topological polar surface area (TPSA) is 84.8 Å². The van der Waals surface area contributed by atoms with Crippen molar-refractivity contribution in [3.8, 4) is 21.1 Å². The number of benzene rings is 1. The van der Waals surface area contributed by atoms with E-state index >= 15 is 0 Å². The highest BCUT2D eigenvalue weighted by Gasteiger charge is 2.18. The lowest BCUT2D eigenvalue weighted by atomic mass is 10.2. The van der Waals surface area contributed by atoms with Gasteiger partial charge in [-0.2, -0.15) is 11.3 Å². The van der Waals surface area contributed by atoms with Gasteiger partial charge in [-0.05, 0) is 30.5 Å². The van der Waals surface area contributed by atoms with E-state index in [1.54, 1.807) is 29.5 Å². The van der Waals surface area contributed by atoms with E-state index in [0.29, 0.717) is 5.01 Å². The van der Waals surface area contributed by atoms with Crippen molar-refractivity contribution in [1.82, 2.24) is 15.2 Å². The lowest BCUT2D eigenvalue weighted by Gasteiger charge is -2.06. The molecule has 26 heavy (non-hydrogen) atoms. The molecule has 0 spiro atoms. The summed E-state index contributed by atoms with van der Waals surface area (Å²) in [5.74, 6) is 0. The molecule has 0 amide bonds. The predicted molar refractivity (Wildman–Crippen MR) is 106 cm³/mol. The van der Waals surface area contributed by atoms with Gasteiger partial charge >= 0.3 is 0 Å². The van der Waals surface area contributed by atoms with E-state index in [4.69, 9.17) is 0 Å². The van der Waals surface area contributed by atoms with Crippen molar-refractivity contribution in [3.63, 3.8) is 0 Å². The first-order valence-electron chi connectivity index (χ1n) is 7.43. The lowest BCUT2D eigenvalue weighted by Crippen LogP contribution is -2.12. The smallest absolute Gasteiger partial charge is 0.253 e. The Kier molecular flexibility index (Phi) is 4.57. The maximum absolute atomic E-state index is 12.7. The van der Waals surface area contributed by atoms with Crippen LogP contribution in [0.2, 0.25) is 0 Å². The third kappa shape index (κ3) is 3.54. The van der Waals surface area contributed by atoms with E-state index < -0.39 is 10.0 Å². The summed E-state index contributed by atoms with van der Waals surface area (Å²) in [6, 6.07) is 8.63. The Bertz CT molecular complexity index is 1150. The molecule has 0 aliphatic heterocycles. The zero-order valence-electron chi connectivity index (χ0n) is 13.4. The van der Waals surface area contributed by atoms with Crippen LogP contribution in [-0.4, -0.2) is 23.6 Å². The van der Waals surface area contributed by atoms with E-state index in [2.05, 4.69) is 19.9 Å². The Balaban J connectivity index is 1.61. The molecule has 0 aliphatic carbocycles. The minimum absolute atomic E-state index is 0.162. The fourth-order valence-corrected chi connectivity index (χ4v) is 5.75. The van der Waals surface area contributed by atoms with Gasteiger partial charge in [0.15, 0.2) is 0 Å². The number of aromatic nitrogens is 3. The van der Waals surface area contributed by atoms with Crippen molar-refractivity contribution in [2.75, 3.05) is 4.72 Å². The van der Waals surface area contributed by atoms with E-state index in [1.807, 2.05) is 35.2 Å². The Morgan fingerprint density at radius 1 is 1.04 bits per heavy atom. The largest absolute Gasteiger partial charge is 0.263 e. The highest BCUT2D eigenvalue weighted by atomic mass is 32.2. The van der Waals surface area contributed by atoms with Gasteiger partial charge in [0.1, 0.15) is 10.0 Å². The van der Waals surface area contributed by atoms with Gasteiger partial charge < -0.3 is 0 Å². The van der Waals surface area contributed by atoms with Gasteiger partial charge in [0.25, 0.3) is 10.0 Å². The first kappa shape index (κ1) is 17.3. The summed E-state index contributed by atoms with van der Waals surface area (Å²) in [5.41, 5.74) is 2.60. The van der Waals surface area contributed by atoms with Gasteiger partial charge in [-0.15, -0.1) is 21.5 Å². The van der Waals surface area contributed by atoms with Crippen LogP contribution in [-0.2, 0) is 10.0 Å². The molecule has 0 unspecified atom stereocenters. The van der Waals surface area contributed by atoms with E-state index in [1.165, 1.54) is 22.7 Å². The highest BCUT2D eigenvalue weighted by molar-refractivity contribution is 7.93. The Morgan fingerprint density at radius 3 is 2.65 bits per heavy atom. The molecular formula is C16H12N4O2S4. The van der Waals surface area contributed by atoms with E-state index in [0.717, 1.165) is 21.8 Å². The molecule has 1 N–H and O–H groups in total. The van der Waals surface area contributed by atoms with Crippen LogP contribution in [0.4, 0.5) is 5.13 Å². The summed E-state index contributed by atoms with van der Waals surface area (Å²) in [6.45, 7) is 1.91. The average Bonchev–Trinajstić information content (AvgIpc) is 3.35. The third-order valence-electron chi connectivity index (χ3n) is 3.43. The molecule has 0 saturated carbocycles. The van der Waals surface area contributed by atoms with Crippen LogP contribution in [0.1, 0.15) is 5.69 Å². The number of thiazole rings is 1. The number of hydrogen-bond acceptors (Lipinski definition) is 8. The summed E-state index contributed by atoms with van der Waals surface area (Å²) in [4.78, 5) is 4.57. The SMILES string of the molecule is Cc1csc(-c2cccc(S(=O)(=O)Nc3nnc(-c4ccsc4)s3)c2)n1. The summed E-state index contributed by atoms with van der Waals surface area (Å²) in [6.07, 6.45) is 0. The summed E-state index contributed by atoms with van der Waals surface area (Å²) < 4.78 is 27.9. The van der Waals surface area contributed by atoms with Crippen LogP contribution in [0.25, 0.3) is 21.1 Å². The molecule has 0 bridgehead atoms. The summed E-state index contributed by atoms with van der Waals surface area (Å²) in [5, 5.41) is 15.5. The summed E-state index contributed by atoms with van der Waals surface area (Å²) in [7, 11) is -3.76. The maximum atomic E-state index is 12.7. The Labute approximate surface area is 162 Å². The predicted octanol–water partition coefficient (Wildman–Crippen LogP) is 4.50. The van der Waals surface area contributed by atoms with Gasteiger partial charge in [-0.1, -0.05) is 23.5 Å². The highest BCUT2D eigenvalue weighted by Crippen LogP contribution is 2.30. The van der Waals surface area contributed by atoms with Crippen LogP contribution in [0.5, 0.6) is 0 Å². The van der Waals surface area contributed by atoms with Crippen molar-refractivity contribution in [2.24, 2.45) is 0 Å². The third-order valence-corrected chi connectivity index (χ3v) is 7.47. The molecular weight excluding hydrogens is 408 g/mol. The fourth-order valence-electron chi connectivity index (χ4n) is 2.22. The molecule has 1 aromatic carbocycles. The molecule has 3 aromatic heterocycles. The summed E-state index contributed by atoms with van der Waals surface area (Å²) >= 11 is 4.23. The van der Waals surface area contributed by atoms with Crippen molar-refractivity contribution in [2.45, 2.75) is 11.8 Å². The zero-order valence-corrected chi connectivity index (χ0v) is 16.7. The molecule has 132 valence electrons. The number of nitrogens with one attached hydrogen (secondary N) is 1. The van der Waals surface area contributed by atoms with Crippen molar-refractivity contribution < 1.29 is 8.42 Å². The lowest BCUT2D eigenvalue weighted by molar-refractivity contribution is 0.601. The van der Waals surface area contributed by atoms with Crippen molar-refractivity contribution in [3.05, 3.63) is 52.2 Å². The van der Waals surface area contributed by atoms with E-state index in [-0.39, 0.29) is 10.0 Å². The molecule has 6 nitrogen and oxygen atoms in total. The van der Waals surface area contributed by atoms with Crippen LogP contribution in [0.15, 0.2) is 51.4 Å². The number of thiophene rings is 1. The molecule has 0 fully saturated rings. The van der Waals surface area contributed by atoms with Crippen molar-refractivity contribution in [1.29, 1.82) is 0 Å². The van der Waals surface area contributed by atoms with Crippen LogP contribution >= 0.6 is 34.0 Å². The van der Waals surface area contributed by atoms with Gasteiger partial charge in [0.2, 0.25) is 5.13 Å². The molecule has 10 heteroatoms. The minimum atomic E-state index is -3.76. The van der Waals surface area contributed by atoms with E-state index in [9.17, 15) is 8.42 Å². The molecule has 4 aromatic rings. The number of nitrogens with zero attached hydrogens (tertiary/aromatic N) is 3. The quantitative estimate of drug-likeness (QED) is 0.514. The second-order valence-electron chi connectivity index (χ2n) is 5.35. The number of rotatable bonds is 5. The molecule has 4 rings (SSSR count). The van der Waals surface area contributed by atoms with Gasteiger partial charge in [-0.3, -0.25) is 4.72 Å². The zero-order chi connectivity index (χ0) is 18.1. The van der Waals surface area contributed by atoms with Crippen molar-refractivity contribution >= 4 is 49.2 Å². The molecule has 0 aliphatic rings. The second-order valence-corrected chi connectivity index (χ2v) is 9.65. The Hall–Kier alpha value is -2.14. The molecule has 0 atom stereocenters. The molecule has 0 saturated heterocycles. The number of sulfonamides is 1. The van der Waals surface area contributed by atoms with Gasteiger partial charge in [-0.25, -0.2) is 13.4 Å². The monoisotopic (exact) mass is 420 g/mol. The first-order chi connectivity index (χ1) is 12.5. The van der Waals surface area contributed by atoms with Crippen LogP contribution in [0, 0.1) is 6.92 Å².